The first-order chi connectivity index (χ1) is 22.8. The molecular weight excluding hydrogens is 594 g/mol. The van der Waals surface area contributed by atoms with E-state index in [0.29, 0.717) is 18.7 Å². The second kappa shape index (κ2) is 16.3. The molecule has 0 aromatic heterocycles. The SMILES string of the molecule is COC(=O)C(Cc1ccccc1)NC(=O)Nc1cccc(C2OC(CN(C)Cc3ccccc3)C(C)C(c3ccc(CO)cc3)O2)c1. The normalized spacial score (nSPS) is 19.9. The molecule has 4 aromatic carbocycles. The van der Waals surface area contributed by atoms with Crippen LogP contribution in [0.5, 0.6) is 0 Å². The second-order valence-electron chi connectivity index (χ2n) is 12.0. The maximum atomic E-state index is 13.1. The van der Waals surface area contributed by atoms with Crippen LogP contribution in [-0.4, -0.2) is 54.9 Å². The summed E-state index contributed by atoms with van der Waals surface area (Å²) in [6.07, 6.45) is -0.836. The van der Waals surface area contributed by atoms with Crippen LogP contribution in [0.15, 0.2) is 109 Å². The largest absolute Gasteiger partial charge is 0.467 e. The third kappa shape index (κ3) is 9.27. The maximum Gasteiger partial charge on any atom is 0.328 e. The van der Waals surface area contributed by atoms with E-state index in [1.807, 2.05) is 91.0 Å². The Bertz CT molecular complexity index is 1580. The van der Waals surface area contributed by atoms with Crippen molar-refractivity contribution in [1.82, 2.24) is 10.2 Å². The number of aliphatic hydroxyl groups is 1. The van der Waals surface area contributed by atoms with Crippen LogP contribution in [0.2, 0.25) is 0 Å². The third-order valence-corrected chi connectivity index (χ3v) is 8.40. The predicted octanol–water partition coefficient (Wildman–Crippen LogP) is 6.01. The molecular formula is C38H43N3O6. The summed E-state index contributed by atoms with van der Waals surface area (Å²) < 4.78 is 18.2. The molecule has 0 bridgehead atoms. The van der Waals surface area contributed by atoms with Gasteiger partial charge in [0.1, 0.15) is 6.04 Å². The summed E-state index contributed by atoms with van der Waals surface area (Å²) in [5.74, 6) is -0.506. The number of urea groups is 1. The molecule has 2 amide bonds. The maximum absolute atomic E-state index is 13.1. The molecule has 0 saturated carbocycles. The van der Waals surface area contributed by atoms with Crippen LogP contribution >= 0.6 is 0 Å². The molecule has 0 spiro atoms. The van der Waals surface area contributed by atoms with Gasteiger partial charge >= 0.3 is 12.0 Å². The molecule has 1 aliphatic rings. The molecule has 1 fully saturated rings. The van der Waals surface area contributed by atoms with Gasteiger partial charge in [-0.2, -0.15) is 0 Å². The summed E-state index contributed by atoms with van der Waals surface area (Å²) in [5.41, 5.74) is 5.22. The second-order valence-corrected chi connectivity index (χ2v) is 12.0. The zero-order valence-corrected chi connectivity index (χ0v) is 27.0. The lowest BCUT2D eigenvalue weighted by Crippen LogP contribution is -2.45. The number of methoxy groups -OCH3 is 1. The number of benzene rings is 4. The van der Waals surface area contributed by atoms with Gasteiger partial charge in [-0.1, -0.05) is 104 Å². The first kappa shape index (κ1) is 33.8. The number of carbonyl (C=O) groups excluding carboxylic acids is 2. The smallest absolute Gasteiger partial charge is 0.328 e. The van der Waals surface area contributed by atoms with Crippen molar-refractivity contribution in [1.29, 1.82) is 0 Å². The van der Waals surface area contributed by atoms with Crippen LogP contribution in [0.4, 0.5) is 10.5 Å². The fourth-order valence-corrected chi connectivity index (χ4v) is 5.87. The van der Waals surface area contributed by atoms with E-state index < -0.39 is 24.3 Å². The Kier molecular flexibility index (Phi) is 11.8. The minimum atomic E-state index is -0.858. The first-order valence-corrected chi connectivity index (χ1v) is 15.8. The summed E-state index contributed by atoms with van der Waals surface area (Å²) in [5, 5.41) is 15.2. The number of aliphatic hydroxyl groups excluding tert-OH is 1. The Labute approximate surface area is 276 Å². The van der Waals surface area contributed by atoms with Crippen molar-refractivity contribution in [2.24, 2.45) is 5.92 Å². The molecule has 0 aliphatic carbocycles. The lowest BCUT2D eigenvalue weighted by atomic mass is 9.90. The minimum absolute atomic E-state index is 0.0244. The highest BCUT2D eigenvalue weighted by Crippen LogP contribution is 2.42. The van der Waals surface area contributed by atoms with E-state index >= 15 is 0 Å². The Morgan fingerprint density at radius 3 is 2.19 bits per heavy atom. The van der Waals surface area contributed by atoms with Crippen LogP contribution in [-0.2, 0) is 38.6 Å². The standard InChI is InChI=1S/C38H43N3O6/c1-26-34(24-41(2)23-28-13-8-5-9-14-28)46-37(47-35(26)30-19-17-29(25-42)18-20-30)31-15-10-16-32(22-31)39-38(44)40-33(36(43)45-3)21-27-11-6-4-7-12-27/h4-20,22,26,33-35,37,42H,21,23-25H2,1-3H3,(H2,39,40,44). The number of nitrogens with one attached hydrogen (secondary N) is 2. The van der Waals surface area contributed by atoms with E-state index in [9.17, 15) is 14.7 Å². The number of amides is 2. The van der Waals surface area contributed by atoms with Gasteiger partial charge < -0.3 is 30.0 Å². The Morgan fingerprint density at radius 2 is 1.53 bits per heavy atom. The average Bonchev–Trinajstić information content (AvgIpc) is 3.09. The Hall–Kier alpha value is -4.54. The molecule has 5 rings (SSSR count). The van der Waals surface area contributed by atoms with E-state index in [4.69, 9.17) is 14.2 Å². The zero-order chi connectivity index (χ0) is 33.2. The van der Waals surface area contributed by atoms with E-state index in [1.165, 1.54) is 12.7 Å². The van der Waals surface area contributed by atoms with Crippen molar-refractivity contribution in [3.05, 3.63) is 137 Å². The number of hydrogen-bond acceptors (Lipinski definition) is 7. The van der Waals surface area contributed by atoms with Gasteiger partial charge in [-0.15, -0.1) is 0 Å². The van der Waals surface area contributed by atoms with Crippen molar-refractivity contribution in [3.8, 4) is 0 Å². The van der Waals surface area contributed by atoms with Gasteiger partial charge in [-0.05, 0) is 41.4 Å². The summed E-state index contributed by atoms with van der Waals surface area (Å²) in [7, 11) is 3.39. The van der Waals surface area contributed by atoms with Crippen LogP contribution in [0.3, 0.4) is 0 Å². The summed E-state index contributed by atoms with van der Waals surface area (Å²) in [6.45, 7) is 3.56. The fraction of sp³-hybridized carbons (Fsp3) is 0.316. The molecule has 1 saturated heterocycles. The average molecular weight is 638 g/mol. The van der Waals surface area contributed by atoms with E-state index in [2.05, 4.69) is 41.6 Å². The third-order valence-electron chi connectivity index (χ3n) is 8.40. The molecule has 47 heavy (non-hydrogen) atoms. The van der Waals surface area contributed by atoms with Crippen LogP contribution in [0.1, 0.15) is 47.1 Å². The predicted molar refractivity (Wildman–Crippen MR) is 180 cm³/mol. The van der Waals surface area contributed by atoms with E-state index in [1.54, 1.807) is 6.07 Å². The van der Waals surface area contributed by atoms with E-state index in [-0.39, 0.29) is 24.7 Å². The molecule has 246 valence electrons. The summed E-state index contributed by atoms with van der Waals surface area (Å²) in [6, 6.07) is 33.5. The molecule has 1 aliphatic heterocycles. The molecule has 1 heterocycles. The summed E-state index contributed by atoms with van der Waals surface area (Å²) in [4.78, 5) is 27.8. The van der Waals surface area contributed by atoms with Gasteiger partial charge in [0.25, 0.3) is 0 Å². The lowest BCUT2D eigenvalue weighted by molar-refractivity contribution is -0.276. The van der Waals surface area contributed by atoms with Crippen molar-refractivity contribution < 1.29 is 28.9 Å². The molecule has 3 N–H and O–H groups in total. The number of esters is 1. The fourth-order valence-electron chi connectivity index (χ4n) is 5.87. The molecule has 4 aromatic rings. The number of carbonyl (C=O) groups is 2. The van der Waals surface area contributed by atoms with Crippen molar-refractivity contribution in [2.45, 2.75) is 51.0 Å². The van der Waals surface area contributed by atoms with Crippen LogP contribution < -0.4 is 10.6 Å². The number of hydrogen-bond donors (Lipinski definition) is 3. The van der Waals surface area contributed by atoms with E-state index in [0.717, 1.165) is 28.8 Å². The Balaban J connectivity index is 1.32. The topological polar surface area (TPSA) is 109 Å². The van der Waals surface area contributed by atoms with Gasteiger partial charge in [0.05, 0.1) is 25.9 Å². The zero-order valence-electron chi connectivity index (χ0n) is 27.0. The Morgan fingerprint density at radius 1 is 0.851 bits per heavy atom. The van der Waals surface area contributed by atoms with Crippen molar-refractivity contribution in [2.75, 3.05) is 26.0 Å². The quantitative estimate of drug-likeness (QED) is 0.163. The van der Waals surface area contributed by atoms with Gasteiger partial charge in [-0.25, -0.2) is 9.59 Å². The van der Waals surface area contributed by atoms with Crippen LogP contribution in [0.25, 0.3) is 0 Å². The number of anilines is 1. The van der Waals surface area contributed by atoms with Crippen molar-refractivity contribution >= 4 is 17.7 Å². The molecule has 9 heteroatoms. The van der Waals surface area contributed by atoms with Crippen LogP contribution in [0, 0.1) is 5.92 Å². The monoisotopic (exact) mass is 637 g/mol. The molecule has 5 atom stereocenters. The van der Waals surface area contributed by atoms with Gasteiger partial charge in [0.15, 0.2) is 6.29 Å². The highest BCUT2D eigenvalue weighted by molar-refractivity contribution is 5.92. The number of likely N-dealkylation sites (N-methyl/N-ethyl adjacent to an activating group) is 1. The molecule has 0 radical (unpaired) electrons. The number of ether oxygens (including phenoxy) is 3. The van der Waals surface area contributed by atoms with Gasteiger partial charge in [0.2, 0.25) is 0 Å². The first-order valence-electron chi connectivity index (χ1n) is 15.8. The lowest BCUT2D eigenvalue weighted by Gasteiger charge is -2.42. The number of nitrogens with zero attached hydrogens (tertiary/aromatic N) is 1. The van der Waals surface area contributed by atoms with Crippen molar-refractivity contribution in [3.63, 3.8) is 0 Å². The highest BCUT2D eigenvalue weighted by atomic mass is 16.7. The minimum Gasteiger partial charge on any atom is -0.467 e. The number of rotatable bonds is 12. The molecule has 5 unspecified atom stereocenters. The summed E-state index contributed by atoms with van der Waals surface area (Å²) >= 11 is 0. The molecule has 9 nitrogen and oxygen atoms in total. The van der Waals surface area contributed by atoms with Gasteiger partial charge in [0, 0.05) is 36.7 Å². The van der Waals surface area contributed by atoms with Gasteiger partial charge in [-0.3, -0.25) is 4.90 Å². The highest BCUT2D eigenvalue weighted by Gasteiger charge is 2.39.